The predicted molar refractivity (Wildman–Crippen MR) is 75.0 cm³/mol. The van der Waals surface area contributed by atoms with Crippen molar-refractivity contribution in [2.75, 3.05) is 0 Å². The molecule has 0 fully saturated rings. The van der Waals surface area contributed by atoms with E-state index in [1.165, 1.54) is 0 Å². The van der Waals surface area contributed by atoms with Gasteiger partial charge in [0.2, 0.25) is 0 Å². The van der Waals surface area contributed by atoms with Crippen LogP contribution in [0.3, 0.4) is 0 Å². The molecule has 3 nitrogen and oxygen atoms in total. The van der Waals surface area contributed by atoms with E-state index in [2.05, 4.69) is 21.0 Å². The summed E-state index contributed by atoms with van der Waals surface area (Å²) in [5, 5.41) is 4.69. The fourth-order valence-corrected chi connectivity index (χ4v) is 2.61. The Morgan fingerprint density at radius 3 is 2.89 bits per heavy atom. The molecule has 0 bridgehead atoms. The molecule has 0 aliphatic carbocycles. The summed E-state index contributed by atoms with van der Waals surface area (Å²) in [6.45, 7) is 0. The van der Waals surface area contributed by atoms with Crippen LogP contribution < -0.4 is 0 Å². The van der Waals surface area contributed by atoms with Crippen LogP contribution in [0.4, 0.5) is 0 Å². The van der Waals surface area contributed by atoms with Gasteiger partial charge in [0, 0.05) is 34.7 Å². The van der Waals surface area contributed by atoms with Gasteiger partial charge in [-0.2, -0.15) is 5.10 Å². The molecule has 1 aromatic heterocycles. The number of benzene rings is 1. The third-order valence-electron chi connectivity index (χ3n) is 2.63. The van der Waals surface area contributed by atoms with Crippen molar-refractivity contribution in [3.63, 3.8) is 0 Å². The quantitative estimate of drug-likeness (QED) is 0.803. The predicted octanol–water partition coefficient (Wildman–Crippen LogP) is 3.65. The van der Waals surface area contributed by atoms with Crippen molar-refractivity contribution in [2.24, 2.45) is 7.05 Å². The molecule has 1 heterocycles. The lowest BCUT2D eigenvalue weighted by Crippen LogP contribution is -2.02. The first kappa shape index (κ1) is 13.3. The summed E-state index contributed by atoms with van der Waals surface area (Å²) in [5.41, 5.74) is 1.74. The first-order chi connectivity index (χ1) is 8.56. The zero-order valence-corrected chi connectivity index (χ0v) is 12.2. The molecule has 0 aliphatic rings. The summed E-state index contributed by atoms with van der Waals surface area (Å²) in [5.74, 6) is 0.0994. The van der Waals surface area contributed by atoms with Crippen LogP contribution in [0.2, 0.25) is 5.02 Å². The fraction of sp³-hybridized carbons (Fsp3) is 0.231. The average molecular weight is 328 g/mol. The molecule has 2 rings (SSSR count). The van der Waals surface area contributed by atoms with Gasteiger partial charge in [-0.1, -0.05) is 11.6 Å². The maximum atomic E-state index is 12.1. The Bertz CT molecular complexity index is 580. The van der Waals surface area contributed by atoms with Gasteiger partial charge in [-0.05, 0) is 46.1 Å². The Labute approximate surface area is 119 Å². The molecule has 0 aliphatic heterocycles. The van der Waals surface area contributed by atoms with Crippen LogP contribution in [0.1, 0.15) is 22.3 Å². The van der Waals surface area contributed by atoms with Crippen molar-refractivity contribution in [3.05, 3.63) is 51.2 Å². The topological polar surface area (TPSA) is 34.9 Å². The van der Waals surface area contributed by atoms with Crippen LogP contribution in [0, 0.1) is 0 Å². The van der Waals surface area contributed by atoms with Gasteiger partial charge < -0.3 is 0 Å². The molecule has 0 N–H and O–H groups in total. The maximum absolute atomic E-state index is 12.1. The van der Waals surface area contributed by atoms with Crippen LogP contribution in [0.15, 0.2) is 35.1 Å². The summed E-state index contributed by atoms with van der Waals surface area (Å²) < 4.78 is 2.48. The molecule has 18 heavy (non-hydrogen) atoms. The normalized spacial score (nSPS) is 10.6. The van der Waals surface area contributed by atoms with E-state index in [1.54, 1.807) is 29.1 Å². The Kier molecular flexibility index (Phi) is 4.19. The Hall–Kier alpha value is -1.13. The third kappa shape index (κ3) is 3.21. The van der Waals surface area contributed by atoms with Crippen LogP contribution in [-0.4, -0.2) is 15.6 Å². The molecule has 0 radical (unpaired) electrons. The molecule has 0 spiro atoms. The Morgan fingerprint density at radius 1 is 1.50 bits per heavy atom. The standard InChI is InChI=1S/C13H12BrClN2O/c1-17-8-9(7-16-17)2-5-13(18)11-4-3-10(15)6-12(11)14/h3-4,6-8H,2,5H2,1H3. The molecule has 0 atom stereocenters. The number of halogens is 2. The van der Waals surface area contributed by atoms with Gasteiger partial charge in [-0.15, -0.1) is 0 Å². The van der Waals surface area contributed by atoms with Crippen molar-refractivity contribution >= 4 is 33.3 Å². The Balaban J connectivity index is 2.03. The number of Topliss-reactive ketones (excluding diaryl/α,β-unsaturated/α-hetero) is 1. The van der Waals surface area contributed by atoms with E-state index >= 15 is 0 Å². The van der Waals surface area contributed by atoms with Crippen LogP contribution in [-0.2, 0) is 13.5 Å². The number of aryl methyl sites for hydroxylation is 2. The zero-order chi connectivity index (χ0) is 13.1. The number of carbonyl (C=O) groups excluding carboxylic acids is 1. The summed E-state index contributed by atoms with van der Waals surface area (Å²) in [6.07, 6.45) is 4.86. The lowest BCUT2D eigenvalue weighted by Gasteiger charge is -2.03. The lowest BCUT2D eigenvalue weighted by atomic mass is 10.0. The van der Waals surface area contributed by atoms with Gasteiger partial charge in [0.1, 0.15) is 0 Å². The molecule has 0 saturated heterocycles. The highest BCUT2D eigenvalue weighted by Gasteiger charge is 2.10. The third-order valence-corrected chi connectivity index (χ3v) is 3.52. The minimum atomic E-state index is 0.0994. The molecule has 1 aromatic carbocycles. The monoisotopic (exact) mass is 326 g/mol. The van der Waals surface area contributed by atoms with E-state index in [-0.39, 0.29) is 5.78 Å². The van der Waals surface area contributed by atoms with Crippen LogP contribution in [0.25, 0.3) is 0 Å². The minimum absolute atomic E-state index is 0.0994. The highest BCUT2D eigenvalue weighted by molar-refractivity contribution is 9.10. The number of ketones is 1. The van der Waals surface area contributed by atoms with Gasteiger partial charge in [0.15, 0.2) is 5.78 Å². The van der Waals surface area contributed by atoms with Crippen LogP contribution in [0.5, 0.6) is 0 Å². The summed E-state index contributed by atoms with van der Waals surface area (Å²) >= 11 is 9.20. The van der Waals surface area contributed by atoms with Gasteiger partial charge >= 0.3 is 0 Å². The van der Waals surface area contributed by atoms with Gasteiger partial charge in [-0.25, -0.2) is 0 Å². The summed E-state index contributed by atoms with van der Waals surface area (Å²) in [4.78, 5) is 12.1. The highest BCUT2D eigenvalue weighted by atomic mass is 79.9. The van der Waals surface area contributed by atoms with Gasteiger partial charge in [0.05, 0.1) is 6.20 Å². The minimum Gasteiger partial charge on any atom is -0.294 e. The number of hydrogen-bond acceptors (Lipinski definition) is 2. The maximum Gasteiger partial charge on any atom is 0.164 e. The first-order valence-electron chi connectivity index (χ1n) is 5.52. The number of rotatable bonds is 4. The number of aromatic nitrogens is 2. The summed E-state index contributed by atoms with van der Waals surface area (Å²) in [6, 6.07) is 5.21. The SMILES string of the molecule is Cn1cc(CCC(=O)c2ccc(Cl)cc2Br)cn1. The smallest absolute Gasteiger partial charge is 0.164 e. The molecule has 5 heteroatoms. The van der Waals surface area contributed by atoms with Crippen molar-refractivity contribution in [1.29, 1.82) is 0 Å². The molecule has 94 valence electrons. The van der Waals surface area contributed by atoms with Crippen LogP contribution >= 0.6 is 27.5 Å². The molecular formula is C13H12BrClN2O. The van der Waals surface area contributed by atoms with E-state index < -0.39 is 0 Å². The second-order valence-corrected chi connectivity index (χ2v) is 5.36. The number of hydrogen-bond donors (Lipinski definition) is 0. The molecule has 0 saturated carbocycles. The zero-order valence-electron chi connectivity index (χ0n) is 9.86. The second-order valence-electron chi connectivity index (χ2n) is 4.07. The number of carbonyl (C=O) groups is 1. The summed E-state index contributed by atoms with van der Waals surface area (Å²) in [7, 11) is 1.86. The van der Waals surface area contributed by atoms with E-state index in [1.807, 2.05) is 13.2 Å². The van der Waals surface area contributed by atoms with E-state index in [4.69, 9.17) is 11.6 Å². The van der Waals surface area contributed by atoms with E-state index in [9.17, 15) is 4.79 Å². The molecule has 0 amide bonds. The fourth-order valence-electron chi connectivity index (χ4n) is 1.71. The van der Waals surface area contributed by atoms with Crippen molar-refractivity contribution in [3.8, 4) is 0 Å². The Morgan fingerprint density at radius 2 is 2.28 bits per heavy atom. The van der Waals surface area contributed by atoms with E-state index in [0.29, 0.717) is 23.4 Å². The lowest BCUT2D eigenvalue weighted by molar-refractivity contribution is 0.0982. The molecular weight excluding hydrogens is 316 g/mol. The largest absolute Gasteiger partial charge is 0.294 e. The average Bonchev–Trinajstić information content (AvgIpc) is 2.72. The van der Waals surface area contributed by atoms with Gasteiger partial charge in [0.25, 0.3) is 0 Å². The highest BCUT2D eigenvalue weighted by Crippen LogP contribution is 2.23. The van der Waals surface area contributed by atoms with Crippen molar-refractivity contribution in [2.45, 2.75) is 12.8 Å². The van der Waals surface area contributed by atoms with E-state index in [0.717, 1.165) is 10.0 Å². The van der Waals surface area contributed by atoms with Crippen molar-refractivity contribution < 1.29 is 4.79 Å². The number of nitrogens with zero attached hydrogens (tertiary/aromatic N) is 2. The van der Waals surface area contributed by atoms with Crippen molar-refractivity contribution in [1.82, 2.24) is 9.78 Å². The second kappa shape index (κ2) is 5.67. The molecule has 2 aromatic rings. The van der Waals surface area contributed by atoms with Gasteiger partial charge in [-0.3, -0.25) is 9.48 Å². The first-order valence-corrected chi connectivity index (χ1v) is 6.69. The molecule has 0 unspecified atom stereocenters.